The second-order valence-corrected chi connectivity index (χ2v) is 6.34. The fraction of sp³-hybridized carbons (Fsp3) is 0.867. The molecule has 0 spiro atoms. The second kappa shape index (κ2) is 6.57. The van der Waals surface area contributed by atoms with Crippen LogP contribution in [0.5, 0.6) is 0 Å². The average Bonchev–Trinajstić information content (AvgIpc) is 2.54. The Kier molecular flexibility index (Phi) is 5.02. The average molecular weight is 282 g/mol. The van der Waals surface area contributed by atoms with Crippen molar-refractivity contribution in [2.45, 2.75) is 52.0 Å². The second-order valence-electron chi connectivity index (χ2n) is 6.34. The van der Waals surface area contributed by atoms with Crippen molar-refractivity contribution in [3.05, 3.63) is 0 Å². The molecule has 0 bridgehead atoms. The lowest BCUT2D eigenvalue weighted by Gasteiger charge is -2.38. The molecule has 2 heterocycles. The zero-order valence-corrected chi connectivity index (χ0v) is 12.6. The van der Waals surface area contributed by atoms with E-state index in [2.05, 4.69) is 12.2 Å². The number of carbonyl (C=O) groups is 2. The van der Waals surface area contributed by atoms with E-state index in [1.165, 1.54) is 0 Å². The highest BCUT2D eigenvalue weighted by Gasteiger charge is 2.35. The number of nitrogens with zero attached hydrogens (tertiary/aromatic N) is 1. The number of rotatable bonds is 4. The van der Waals surface area contributed by atoms with Crippen molar-refractivity contribution in [1.29, 1.82) is 0 Å². The van der Waals surface area contributed by atoms with Crippen LogP contribution >= 0.6 is 0 Å². The molecule has 1 atom stereocenters. The molecule has 2 aliphatic heterocycles. The third-order valence-electron chi connectivity index (χ3n) is 4.40. The molecule has 1 unspecified atom stereocenters. The van der Waals surface area contributed by atoms with Crippen LogP contribution in [-0.2, 0) is 14.3 Å². The number of hydrogen-bond acceptors (Lipinski definition) is 3. The highest BCUT2D eigenvalue weighted by molar-refractivity contribution is 5.89. The van der Waals surface area contributed by atoms with E-state index in [4.69, 9.17) is 4.74 Å². The lowest BCUT2D eigenvalue weighted by molar-refractivity contribution is -0.136. The van der Waals surface area contributed by atoms with Gasteiger partial charge in [-0.1, -0.05) is 20.3 Å². The normalized spacial score (nSPS) is 27.1. The van der Waals surface area contributed by atoms with Crippen molar-refractivity contribution >= 4 is 11.8 Å². The molecular weight excluding hydrogens is 256 g/mol. The molecule has 5 nitrogen and oxygen atoms in total. The van der Waals surface area contributed by atoms with E-state index < -0.39 is 0 Å². The highest BCUT2D eigenvalue weighted by atomic mass is 16.5. The lowest BCUT2D eigenvalue weighted by atomic mass is 9.81. The minimum atomic E-state index is -0.335. The minimum absolute atomic E-state index is 0.00331. The fourth-order valence-electron chi connectivity index (χ4n) is 3.02. The Morgan fingerprint density at radius 3 is 2.70 bits per heavy atom. The quantitative estimate of drug-likeness (QED) is 0.846. The van der Waals surface area contributed by atoms with E-state index >= 15 is 0 Å². The lowest BCUT2D eigenvalue weighted by Crippen LogP contribution is -2.48. The first-order valence-corrected chi connectivity index (χ1v) is 7.70. The molecule has 0 aromatic carbocycles. The monoisotopic (exact) mass is 282 g/mol. The molecule has 20 heavy (non-hydrogen) atoms. The number of nitrogens with one attached hydrogen (secondary N) is 1. The van der Waals surface area contributed by atoms with Crippen molar-refractivity contribution < 1.29 is 14.3 Å². The van der Waals surface area contributed by atoms with Crippen molar-refractivity contribution in [1.82, 2.24) is 10.2 Å². The smallest absolute Gasteiger partial charge is 0.245 e. The Bertz CT molecular complexity index is 364. The Balaban J connectivity index is 2.04. The van der Waals surface area contributed by atoms with Gasteiger partial charge in [-0.3, -0.25) is 9.59 Å². The molecule has 0 aromatic rings. The zero-order valence-electron chi connectivity index (χ0n) is 12.6. The Labute approximate surface area is 121 Å². The van der Waals surface area contributed by atoms with Crippen LogP contribution in [0.3, 0.4) is 0 Å². The summed E-state index contributed by atoms with van der Waals surface area (Å²) >= 11 is 0. The van der Waals surface area contributed by atoms with Crippen LogP contribution in [0.15, 0.2) is 0 Å². The van der Waals surface area contributed by atoms with Crippen LogP contribution < -0.4 is 5.32 Å². The summed E-state index contributed by atoms with van der Waals surface area (Å²) in [5.41, 5.74) is 0.123. The van der Waals surface area contributed by atoms with Crippen LogP contribution in [0.1, 0.15) is 46.0 Å². The maximum absolute atomic E-state index is 12.6. The Morgan fingerprint density at radius 1 is 1.35 bits per heavy atom. The summed E-state index contributed by atoms with van der Waals surface area (Å²) in [5, 5.41) is 2.85. The fourth-order valence-corrected chi connectivity index (χ4v) is 3.02. The predicted octanol–water partition coefficient (Wildman–Crippen LogP) is 1.32. The van der Waals surface area contributed by atoms with Gasteiger partial charge in [-0.15, -0.1) is 0 Å². The maximum atomic E-state index is 12.6. The van der Waals surface area contributed by atoms with Crippen molar-refractivity contribution in [2.75, 3.05) is 26.3 Å². The van der Waals surface area contributed by atoms with Gasteiger partial charge in [0.05, 0.1) is 0 Å². The molecule has 0 radical (unpaired) electrons. The van der Waals surface area contributed by atoms with Gasteiger partial charge in [0, 0.05) is 32.7 Å². The topological polar surface area (TPSA) is 58.6 Å². The van der Waals surface area contributed by atoms with E-state index in [9.17, 15) is 9.59 Å². The molecular formula is C15H26N2O3. The largest absolute Gasteiger partial charge is 0.381 e. The molecule has 2 rings (SSSR count). The van der Waals surface area contributed by atoms with Crippen LogP contribution in [0.2, 0.25) is 0 Å². The summed E-state index contributed by atoms with van der Waals surface area (Å²) in [7, 11) is 0. The Morgan fingerprint density at radius 2 is 2.05 bits per heavy atom. The van der Waals surface area contributed by atoms with Gasteiger partial charge < -0.3 is 15.0 Å². The highest BCUT2D eigenvalue weighted by Crippen LogP contribution is 2.31. The van der Waals surface area contributed by atoms with Crippen molar-refractivity contribution in [3.8, 4) is 0 Å². The van der Waals surface area contributed by atoms with E-state index in [0.29, 0.717) is 13.0 Å². The summed E-state index contributed by atoms with van der Waals surface area (Å²) < 4.78 is 5.41. The standard InChI is InChI=1S/C15H26N2O3/c1-3-4-12-14(19)17(8-5-13(18)16-12)11-15(2)6-9-20-10-7-15/h12H,3-11H2,1-2H3,(H,16,18). The summed E-state index contributed by atoms with van der Waals surface area (Å²) in [4.78, 5) is 26.2. The van der Waals surface area contributed by atoms with E-state index in [1.54, 1.807) is 0 Å². The first-order chi connectivity index (χ1) is 9.54. The van der Waals surface area contributed by atoms with Crippen molar-refractivity contribution in [3.63, 3.8) is 0 Å². The summed E-state index contributed by atoms with van der Waals surface area (Å²) in [6.45, 7) is 7.08. The number of carbonyl (C=O) groups excluding carboxylic acids is 2. The molecule has 0 saturated carbocycles. The summed E-state index contributed by atoms with van der Waals surface area (Å²) in [6.07, 6.45) is 4.00. The molecule has 2 saturated heterocycles. The minimum Gasteiger partial charge on any atom is -0.381 e. The summed E-state index contributed by atoms with van der Waals surface area (Å²) in [6, 6.07) is -0.335. The molecule has 0 aromatic heterocycles. The molecule has 1 N–H and O–H groups in total. The molecule has 114 valence electrons. The summed E-state index contributed by atoms with van der Waals surface area (Å²) in [5.74, 6) is 0.0850. The molecule has 5 heteroatoms. The number of hydrogen-bond donors (Lipinski definition) is 1. The first-order valence-electron chi connectivity index (χ1n) is 7.70. The molecule has 0 aliphatic carbocycles. The third-order valence-corrected chi connectivity index (χ3v) is 4.40. The van der Waals surface area contributed by atoms with Crippen LogP contribution in [0.4, 0.5) is 0 Å². The van der Waals surface area contributed by atoms with E-state index in [1.807, 2.05) is 11.8 Å². The van der Waals surface area contributed by atoms with Gasteiger partial charge in [0.2, 0.25) is 11.8 Å². The van der Waals surface area contributed by atoms with Gasteiger partial charge >= 0.3 is 0 Å². The van der Waals surface area contributed by atoms with E-state index in [-0.39, 0.29) is 23.3 Å². The maximum Gasteiger partial charge on any atom is 0.245 e. The van der Waals surface area contributed by atoms with Crippen LogP contribution in [-0.4, -0.2) is 49.1 Å². The van der Waals surface area contributed by atoms with E-state index in [0.717, 1.165) is 45.4 Å². The van der Waals surface area contributed by atoms with Gasteiger partial charge in [0.15, 0.2) is 0 Å². The molecule has 2 aliphatic rings. The third kappa shape index (κ3) is 3.72. The van der Waals surface area contributed by atoms with Gasteiger partial charge in [0.1, 0.15) is 6.04 Å². The Hall–Kier alpha value is -1.10. The number of ether oxygens (including phenoxy) is 1. The van der Waals surface area contributed by atoms with Gasteiger partial charge in [-0.2, -0.15) is 0 Å². The SMILES string of the molecule is CCCC1NC(=O)CCN(CC2(C)CCOCC2)C1=O. The van der Waals surface area contributed by atoms with Crippen molar-refractivity contribution in [2.24, 2.45) is 5.41 Å². The predicted molar refractivity (Wildman–Crippen MR) is 76.2 cm³/mol. The zero-order chi connectivity index (χ0) is 14.6. The number of amides is 2. The molecule has 2 fully saturated rings. The van der Waals surface area contributed by atoms with Gasteiger partial charge in [-0.25, -0.2) is 0 Å². The van der Waals surface area contributed by atoms with Crippen LogP contribution in [0, 0.1) is 5.41 Å². The first kappa shape index (κ1) is 15.3. The van der Waals surface area contributed by atoms with Crippen LogP contribution in [0.25, 0.3) is 0 Å². The molecule has 2 amide bonds. The van der Waals surface area contributed by atoms with Gasteiger partial charge in [-0.05, 0) is 24.7 Å². The van der Waals surface area contributed by atoms with Gasteiger partial charge in [0.25, 0.3) is 0 Å².